The van der Waals surface area contributed by atoms with Gasteiger partial charge >= 0.3 is 0 Å². The van der Waals surface area contributed by atoms with Crippen molar-refractivity contribution >= 4 is 11.7 Å². The number of anilines is 1. The first-order chi connectivity index (χ1) is 7.75. The molecule has 2 rings (SSSR count). The molecule has 16 heavy (non-hydrogen) atoms. The zero-order chi connectivity index (χ0) is 11.4. The monoisotopic (exact) mass is 220 g/mol. The first kappa shape index (κ1) is 10.9. The summed E-state index contributed by atoms with van der Waals surface area (Å²) >= 11 is 0. The average molecular weight is 220 g/mol. The fourth-order valence-corrected chi connectivity index (χ4v) is 1.78. The van der Waals surface area contributed by atoms with Gasteiger partial charge in [0, 0.05) is 13.1 Å². The van der Waals surface area contributed by atoms with Crippen LogP contribution in [0.5, 0.6) is 0 Å². The summed E-state index contributed by atoms with van der Waals surface area (Å²) < 4.78 is 0. The lowest BCUT2D eigenvalue weighted by molar-refractivity contribution is 0.0745. The second-order valence-corrected chi connectivity index (χ2v) is 3.94. The third-order valence-corrected chi connectivity index (χ3v) is 2.62. The molecular weight excluding hydrogens is 204 g/mol. The lowest BCUT2D eigenvalue weighted by Crippen LogP contribution is -2.45. The van der Waals surface area contributed by atoms with Crippen molar-refractivity contribution in [3.8, 4) is 0 Å². The molecule has 1 saturated heterocycles. The molecule has 0 aromatic carbocycles. The van der Waals surface area contributed by atoms with Crippen molar-refractivity contribution in [1.29, 1.82) is 0 Å². The Morgan fingerprint density at radius 1 is 1.31 bits per heavy atom. The van der Waals surface area contributed by atoms with Gasteiger partial charge in [-0.3, -0.25) is 10.2 Å². The SMILES string of the molecule is Nc1cccc(C(=O)NN2CCCCC2)n1. The predicted octanol–water partition coefficient (Wildman–Crippen LogP) is 0.794. The van der Waals surface area contributed by atoms with E-state index in [4.69, 9.17) is 5.73 Å². The fraction of sp³-hybridized carbons (Fsp3) is 0.455. The zero-order valence-corrected chi connectivity index (χ0v) is 9.15. The van der Waals surface area contributed by atoms with Gasteiger partial charge in [0.1, 0.15) is 11.5 Å². The number of carbonyl (C=O) groups is 1. The number of hydrazine groups is 1. The Hall–Kier alpha value is -1.62. The van der Waals surface area contributed by atoms with E-state index in [1.54, 1.807) is 18.2 Å². The summed E-state index contributed by atoms with van der Waals surface area (Å²) in [6.07, 6.45) is 3.50. The minimum atomic E-state index is -0.186. The number of nitrogens with two attached hydrogens (primary N) is 1. The van der Waals surface area contributed by atoms with E-state index >= 15 is 0 Å². The Labute approximate surface area is 94.6 Å². The molecule has 5 heteroatoms. The number of nitrogens with zero attached hydrogens (tertiary/aromatic N) is 2. The molecule has 0 aliphatic carbocycles. The van der Waals surface area contributed by atoms with Crippen LogP contribution >= 0.6 is 0 Å². The van der Waals surface area contributed by atoms with E-state index in [1.807, 2.05) is 5.01 Å². The van der Waals surface area contributed by atoms with Crippen LogP contribution in [-0.2, 0) is 0 Å². The van der Waals surface area contributed by atoms with Crippen LogP contribution in [0.2, 0.25) is 0 Å². The first-order valence-corrected chi connectivity index (χ1v) is 5.54. The molecule has 1 fully saturated rings. The number of hydrogen-bond acceptors (Lipinski definition) is 4. The number of rotatable bonds is 2. The molecule has 5 nitrogen and oxygen atoms in total. The summed E-state index contributed by atoms with van der Waals surface area (Å²) in [7, 11) is 0. The highest BCUT2D eigenvalue weighted by Gasteiger charge is 2.14. The van der Waals surface area contributed by atoms with E-state index in [-0.39, 0.29) is 5.91 Å². The summed E-state index contributed by atoms with van der Waals surface area (Å²) in [5, 5.41) is 1.94. The number of piperidine rings is 1. The van der Waals surface area contributed by atoms with Crippen LogP contribution in [0, 0.1) is 0 Å². The maximum absolute atomic E-state index is 11.8. The Morgan fingerprint density at radius 2 is 2.06 bits per heavy atom. The van der Waals surface area contributed by atoms with Crippen LogP contribution in [0.3, 0.4) is 0 Å². The van der Waals surface area contributed by atoms with Crippen LogP contribution in [0.15, 0.2) is 18.2 Å². The van der Waals surface area contributed by atoms with Gasteiger partial charge in [-0.05, 0) is 25.0 Å². The van der Waals surface area contributed by atoms with Gasteiger partial charge in [0.25, 0.3) is 5.91 Å². The van der Waals surface area contributed by atoms with Crippen molar-refractivity contribution in [1.82, 2.24) is 15.4 Å². The van der Waals surface area contributed by atoms with E-state index in [1.165, 1.54) is 6.42 Å². The van der Waals surface area contributed by atoms with Crippen molar-refractivity contribution in [2.75, 3.05) is 18.8 Å². The number of nitrogens with one attached hydrogen (secondary N) is 1. The van der Waals surface area contributed by atoms with E-state index < -0.39 is 0 Å². The predicted molar refractivity (Wildman–Crippen MR) is 61.5 cm³/mol. The third kappa shape index (κ3) is 2.70. The average Bonchev–Trinajstić information content (AvgIpc) is 2.30. The first-order valence-electron chi connectivity index (χ1n) is 5.54. The molecule has 1 aromatic rings. The Kier molecular flexibility index (Phi) is 3.36. The van der Waals surface area contributed by atoms with Gasteiger partial charge in [-0.25, -0.2) is 9.99 Å². The molecule has 0 bridgehead atoms. The molecule has 3 N–H and O–H groups in total. The molecule has 86 valence electrons. The number of nitrogen functional groups attached to an aromatic ring is 1. The van der Waals surface area contributed by atoms with Crippen LogP contribution in [0.25, 0.3) is 0 Å². The number of hydrogen-bond donors (Lipinski definition) is 2. The minimum absolute atomic E-state index is 0.186. The highest BCUT2D eigenvalue weighted by atomic mass is 16.2. The van der Waals surface area contributed by atoms with Crippen molar-refractivity contribution in [3.63, 3.8) is 0 Å². The van der Waals surface area contributed by atoms with Gasteiger partial charge in [-0.15, -0.1) is 0 Å². The maximum Gasteiger partial charge on any atom is 0.284 e. The molecule has 0 radical (unpaired) electrons. The van der Waals surface area contributed by atoms with Crippen molar-refractivity contribution in [2.45, 2.75) is 19.3 Å². The summed E-state index contributed by atoms with van der Waals surface area (Å²) in [4.78, 5) is 15.8. The summed E-state index contributed by atoms with van der Waals surface area (Å²) in [6.45, 7) is 1.82. The van der Waals surface area contributed by atoms with Crippen LogP contribution in [0.1, 0.15) is 29.8 Å². The molecule has 1 aromatic heterocycles. The smallest absolute Gasteiger partial charge is 0.284 e. The summed E-state index contributed by atoms with van der Waals surface area (Å²) in [5.41, 5.74) is 8.73. The quantitative estimate of drug-likeness (QED) is 0.773. The molecule has 1 amide bonds. The van der Waals surface area contributed by atoms with Crippen LogP contribution in [0.4, 0.5) is 5.82 Å². The van der Waals surface area contributed by atoms with Gasteiger partial charge in [-0.1, -0.05) is 12.5 Å². The van der Waals surface area contributed by atoms with Crippen LogP contribution in [-0.4, -0.2) is 29.0 Å². The lowest BCUT2D eigenvalue weighted by atomic mass is 10.2. The van der Waals surface area contributed by atoms with Crippen molar-refractivity contribution < 1.29 is 4.79 Å². The molecular formula is C11H16N4O. The Morgan fingerprint density at radius 3 is 2.75 bits per heavy atom. The van der Waals surface area contributed by atoms with E-state index in [0.29, 0.717) is 11.5 Å². The molecule has 0 saturated carbocycles. The summed E-state index contributed by atoms with van der Waals surface area (Å²) in [5.74, 6) is 0.181. The van der Waals surface area contributed by atoms with Gasteiger partial charge in [-0.2, -0.15) is 0 Å². The second kappa shape index (κ2) is 4.94. The molecule has 0 spiro atoms. The third-order valence-electron chi connectivity index (χ3n) is 2.62. The Bertz CT molecular complexity index is 374. The highest BCUT2D eigenvalue weighted by molar-refractivity contribution is 5.92. The van der Waals surface area contributed by atoms with Crippen LogP contribution < -0.4 is 11.2 Å². The molecule has 1 aliphatic rings. The highest BCUT2D eigenvalue weighted by Crippen LogP contribution is 2.07. The van der Waals surface area contributed by atoms with E-state index in [2.05, 4.69) is 10.4 Å². The Balaban J connectivity index is 1.97. The molecule has 0 atom stereocenters. The molecule has 0 unspecified atom stereocenters. The maximum atomic E-state index is 11.8. The van der Waals surface area contributed by atoms with E-state index in [9.17, 15) is 4.79 Å². The van der Waals surface area contributed by atoms with Crippen molar-refractivity contribution in [2.24, 2.45) is 0 Å². The molecule has 2 heterocycles. The lowest BCUT2D eigenvalue weighted by Gasteiger charge is -2.26. The number of amides is 1. The largest absolute Gasteiger partial charge is 0.384 e. The van der Waals surface area contributed by atoms with Gasteiger partial charge in [0.05, 0.1) is 0 Å². The van der Waals surface area contributed by atoms with Gasteiger partial charge in [0.15, 0.2) is 0 Å². The number of carbonyl (C=O) groups excluding carboxylic acids is 1. The van der Waals surface area contributed by atoms with Gasteiger partial charge < -0.3 is 5.73 Å². The summed E-state index contributed by atoms with van der Waals surface area (Å²) in [6, 6.07) is 5.06. The minimum Gasteiger partial charge on any atom is -0.384 e. The number of pyridine rings is 1. The number of aromatic nitrogens is 1. The zero-order valence-electron chi connectivity index (χ0n) is 9.15. The topological polar surface area (TPSA) is 71.2 Å². The molecule has 1 aliphatic heterocycles. The second-order valence-electron chi connectivity index (χ2n) is 3.94. The van der Waals surface area contributed by atoms with Gasteiger partial charge in [0.2, 0.25) is 0 Å². The standard InChI is InChI=1S/C11H16N4O/c12-10-6-4-5-9(13-10)11(16)14-15-7-2-1-3-8-15/h4-6H,1-3,7-8H2,(H2,12,13)(H,14,16). The van der Waals surface area contributed by atoms with E-state index in [0.717, 1.165) is 25.9 Å². The normalized spacial score (nSPS) is 17.0. The van der Waals surface area contributed by atoms with Crippen molar-refractivity contribution in [3.05, 3.63) is 23.9 Å². The fourth-order valence-electron chi connectivity index (χ4n) is 1.78.